The Kier molecular flexibility index (Phi) is 6.00. The summed E-state index contributed by atoms with van der Waals surface area (Å²) in [6, 6.07) is 1.75. The van der Waals surface area contributed by atoms with Gasteiger partial charge in [0.25, 0.3) is 0 Å². The molecule has 0 atom stereocenters. The summed E-state index contributed by atoms with van der Waals surface area (Å²) >= 11 is 1.18. The molecule has 8 heteroatoms. The molecule has 0 aliphatic carbocycles. The van der Waals surface area contributed by atoms with Gasteiger partial charge in [-0.2, -0.15) is 0 Å². The van der Waals surface area contributed by atoms with Crippen LogP contribution in [-0.2, 0) is 14.1 Å². The van der Waals surface area contributed by atoms with Crippen molar-refractivity contribution >= 4 is 36.0 Å². The van der Waals surface area contributed by atoms with Gasteiger partial charge in [0.1, 0.15) is 0 Å². The maximum Gasteiger partial charge on any atom is 0.491 e. The van der Waals surface area contributed by atoms with Crippen LogP contribution >= 0.6 is 11.8 Å². The third-order valence-electron chi connectivity index (χ3n) is 4.65. The monoisotopic (exact) mass is 377 g/mol. The molecule has 0 amide bonds. The molecule has 2 rings (SSSR count). The van der Waals surface area contributed by atoms with E-state index in [0.29, 0.717) is 11.3 Å². The summed E-state index contributed by atoms with van der Waals surface area (Å²) in [7, 11) is -0.577. The van der Waals surface area contributed by atoms with Gasteiger partial charge in [0.05, 0.1) is 11.2 Å². The highest BCUT2D eigenvalue weighted by atomic mass is 32.2. The standard InChI is InChI=1S/C18H24BNO5S/c1-11-7-13(9-20-15(11)16(22)23)8-14(10-26-12(2)21)19-24-17(3,4)18(5,6)25-19/h7-9H,10H2,1-6H3,(H,22,23). The van der Waals surface area contributed by atoms with Crippen LogP contribution in [0.15, 0.2) is 17.7 Å². The zero-order valence-corrected chi connectivity index (χ0v) is 16.8. The van der Waals surface area contributed by atoms with Crippen LogP contribution in [0.5, 0.6) is 0 Å². The molecule has 1 aliphatic heterocycles. The van der Waals surface area contributed by atoms with Gasteiger partial charge >= 0.3 is 13.1 Å². The Bertz CT molecular complexity index is 744. The fourth-order valence-electron chi connectivity index (χ4n) is 2.47. The Balaban J connectivity index is 2.36. The number of rotatable bonds is 5. The Labute approximate surface area is 158 Å². The van der Waals surface area contributed by atoms with Crippen LogP contribution in [0, 0.1) is 6.92 Å². The molecule has 0 bridgehead atoms. The number of aromatic carboxylic acids is 1. The largest absolute Gasteiger partial charge is 0.491 e. The first-order valence-corrected chi connectivity index (χ1v) is 9.31. The number of thioether (sulfide) groups is 1. The summed E-state index contributed by atoms with van der Waals surface area (Å²) in [6.07, 6.45) is 3.35. The highest BCUT2D eigenvalue weighted by Crippen LogP contribution is 2.39. The van der Waals surface area contributed by atoms with Crippen LogP contribution in [0.25, 0.3) is 6.08 Å². The van der Waals surface area contributed by atoms with Crippen LogP contribution < -0.4 is 0 Å². The van der Waals surface area contributed by atoms with Gasteiger partial charge < -0.3 is 14.4 Å². The predicted molar refractivity (Wildman–Crippen MR) is 103 cm³/mol. The number of carbonyl (C=O) groups excluding carboxylic acids is 1. The van der Waals surface area contributed by atoms with Crippen molar-refractivity contribution in [1.82, 2.24) is 4.98 Å². The van der Waals surface area contributed by atoms with E-state index in [1.165, 1.54) is 24.9 Å². The number of hydrogen-bond acceptors (Lipinski definition) is 6. The second-order valence-electron chi connectivity index (χ2n) is 7.33. The SMILES string of the molecule is CC(=O)SCC(=Cc1cnc(C(=O)O)c(C)c1)B1OC(C)(C)C(C)(C)O1. The topological polar surface area (TPSA) is 85.7 Å². The number of carbonyl (C=O) groups is 2. The van der Waals surface area contributed by atoms with Gasteiger partial charge in [0, 0.05) is 18.9 Å². The van der Waals surface area contributed by atoms with Gasteiger partial charge in [0.15, 0.2) is 10.8 Å². The summed E-state index contributed by atoms with van der Waals surface area (Å²) in [5, 5.41) is 9.12. The molecule has 1 saturated heterocycles. The zero-order valence-electron chi connectivity index (χ0n) is 16.0. The Hall–Kier alpha value is -1.64. The van der Waals surface area contributed by atoms with Crippen molar-refractivity contribution in [1.29, 1.82) is 0 Å². The molecular weight excluding hydrogens is 353 g/mol. The lowest BCUT2D eigenvalue weighted by Crippen LogP contribution is -2.41. The number of pyridine rings is 1. The Morgan fingerprint density at radius 2 is 1.85 bits per heavy atom. The highest BCUT2D eigenvalue weighted by molar-refractivity contribution is 8.13. The molecule has 6 nitrogen and oxygen atoms in total. The molecule has 0 unspecified atom stereocenters. The fraction of sp³-hybridized carbons (Fsp3) is 0.500. The number of nitrogens with zero attached hydrogens (tertiary/aromatic N) is 1. The average molecular weight is 377 g/mol. The minimum Gasteiger partial charge on any atom is -0.477 e. The lowest BCUT2D eigenvalue weighted by atomic mass is 9.78. The Morgan fingerprint density at radius 1 is 1.27 bits per heavy atom. The van der Waals surface area contributed by atoms with E-state index >= 15 is 0 Å². The molecule has 0 radical (unpaired) electrons. The lowest BCUT2D eigenvalue weighted by Gasteiger charge is -2.32. The van der Waals surface area contributed by atoms with Crippen molar-refractivity contribution in [3.8, 4) is 0 Å². The van der Waals surface area contributed by atoms with Gasteiger partial charge in [-0.1, -0.05) is 17.8 Å². The molecule has 1 aliphatic rings. The first-order valence-electron chi connectivity index (χ1n) is 8.32. The van der Waals surface area contributed by atoms with E-state index < -0.39 is 24.3 Å². The summed E-state index contributed by atoms with van der Waals surface area (Å²) in [5.41, 5.74) is 1.16. The first-order chi connectivity index (χ1) is 11.9. The molecule has 1 aromatic heterocycles. The van der Waals surface area contributed by atoms with E-state index in [1.54, 1.807) is 13.0 Å². The molecule has 1 aromatic rings. The summed E-state index contributed by atoms with van der Waals surface area (Å²) in [4.78, 5) is 26.6. The maximum absolute atomic E-state index is 11.4. The van der Waals surface area contributed by atoms with E-state index in [2.05, 4.69) is 4.98 Å². The third-order valence-corrected chi connectivity index (χ3v) is 5.54. The summed E-state index contributed by atoms with van der Waals surface area (Å²) < 4.78 is 12.2. The van der Waals surface area contributed by atoms with E-state index in [0.717, 1.165) is 11.0 Å². The normalized spacial score (nSPS) is 18.8. The highest BCUT2D eigenvalue weighted by Gasteiger charge is 2.52. The summed E-state index contributed by atoms with van der Waals surface area (Å²) in [5.74, 6) is -0.636. The van der Waals surface area contributed by atoms with Crippen LogP contribution in [0.1, 0.15) is 56.2 Å². The molecule has 0 aromatic carbocycles. The van der Waals surface area contributed by atoms with Crippen molar-refractivity contribution in [2.75, 3.05) is 5.75 Å². The van der Waals surface area contributed by atoms with Gasteiger partial charge in [0.2, 0.25) is 0 Å². The number of carboxylic acid groups (broad SMARTS) is 1. The van der Waals surface area contributed by atoms with Crippen molar-refractivity contribution in [3.63, 3.8) is 0 Å². The van der Waals surface area contributed by atoms with Crippen molar-refractivity contribution in [2.24, 2.45) is 0 Å². The molecule has 0 spiro atoms. The molecule has 1 fully saturated rings. The lowest BCUT2D eigenvalue weighted by molar-refractivity contribution is -0.109. The van der Waals surface area contributed by atoms with E-state index in [1.807, 2.05) is 33.8 Å². The molecule has 0 saturated carbocycles. The minimum atomic E-state index is -1.06. The smallest absolute Gasteiger partial charge is 0.477 e. The van der Waals surface area contributed by atoms with Gasteiger partial charge in [-0.05, 0) is 57.3 Å². The van der Waals surface area contributed by atoms with Crippen molar-refractivity contribution in [2.45, 2.75) is 52.7 Å². The third kappa shape index (κ3) is 4.55. The molecule has 26 heavy (non-hydrogen) atoms. The maximum atomic E-state index is 11.4. The molecule has 1 N–H and O–H groups in total. The number of carboxylic acids is 1. The van der Waals surface area contributed by atoms with Crippen LogP contribution in [0.2, 0.25) is 0 Å². The quantitative estimate of drug-likeness (QED) is 0.788. The van der Waals surface area contributed by atoms with Gasteiger partial charge in [-0.25, -0.2) is 9.78 Å². The Morgan fingerprint density at radius 3 is 2.31 bits per heavy atom. The second-order valence-corrected chi connectivity index (χ2v) is 8.48. The molecular formula is C18H24BNO5S. The van der Waals surface area contributed by atoms with E-state index in [-0.39, 0.29) is 10.8 Å². The van der Waals surface area contributed by atoms with Gasteiger partial charge in [-0.3, -0.25) is 4.79 Å². The minimum absolute atomic E-state index is 0.00273. The number of aryl methyl sites for hydroxylation is 1. The van der Waals surface area contributed by atoms with Crippen LogP contribution in [-0.4, -0.2) is 45.2 Å². The van der Waals surface area contributed by atoms with Crippen LogP contribution in [0.3, 0.4) is 0 Å². The predicted octanol–water partition coefficient (Wildman–Crippen LogP) is 3.38. The second kappa shape index (κ2) is 7.54. The number of hydrogen-bond donors (Lipinski definition) is 1. The fourth-order valence-corrected chi connectivity index (χ4v) is 3.06. The molecule has 140 valence electrons. The average Bonchev–Trinajstić information content (AvgIpc) is 2.71. The van der Waals surface area contributed by atoms with E-state index in [4.69, 9.17) is 14.4 Å². The van der Waals surface area contributed by atoms with E-state index in [9.17, 15) is 9.59 Å². The number of aromatic nitrogens is 1. The van der Waals surface area contributed by atoms with Crippen LogP contribution in [0.4, 0.5) is 0 Å². The van der Waals surface area contributed by atoms with Crippen molar-refractivity contribution < 1.29 is 24.0 Å². The summed E-state index contributed by atoms with van der Waals surface area (Å²) in [6.45, 7) is 11.1. The van der Waals surface area contributed by atoms with Crippen molar-refractivity contribution in [3.05, 3.63) is 34.6 Å². The zero-order chi connectivity index (χ0) is 19.7. The first kappa shape index (κ1) is 20.7. The van der Waals surface area contributed by atoms with Gasteiger partial charge in [-0.15, -0.1) is 0 Å². The molecule has 2 heterocycles.